The minimum Gasteiger partial charge on any atom is -0.323 e. The first-order valence-corrected chi connectivity index (χ1v) is 12.9. The lowest BCUT2D eigenvalue weighted by Gasteiger charge is -2.27. The van der Waals surface area contributed by atoms with Crippen molar-refractivity contribution in [1.82, 2.24) is 0 Å². The predicted molar refractivity (Wildman–Crippen MR) is 116 cm³/mol. The smallest absolute Gasteiger partial charge is 0.323 e. The van der Waals surface area contributed by atoms with Gasteiger partial charge in [-0.3, -0.25) is 4.52 Å². The average Bonchev–Trinajstić information content (AvgIpc) is 3.02. The summed E-state index contributed by atoms with van der Waals surface area (Å²) in [5.74, 6) is 2.40. The van der Waals surface area contributed by atoms with Crippen molar-refractivity contribution in [2.75, 3.05) is 12.4 Å². The molecule has 1 aromatic rings. The number of fused-ring (bicyclic) bond motifs is 1. The number of benzene rings is 1. The molecular formula is C21H34NO4PS. The van der Waals surface area contributed by atoms with Crippen LogP contribution in [0.2, 0.25) is 0 Å². The number of thioether (sulfide) groups is 1. The molecule has 158 valence electrons. The van der Waals surface area contributed by atoms with E-state index in [4.69, 9.17) is 15.5 Å². The van der Waals surface area contributed by atoms with E-state index in [2.05, 4.69) is 48.3 Å². The topological polar surface area (TPSA) is 92.8 Å². The van der Waals surface area contributed by atoms with Gasteiger partial charge in [0.1, 0.15) is 0 Å². The summed E-state index contributed by atoms with van der Waals surface area (Å²) in [5, 5.41) is 0.714. The van der Waals surface area contributed by atoms with Gasteiger partial charge in [-0.2, -0.15) is 11.8 Å². The van der Waals surface area contributed by atoms with Gasteiger partial charge >= 0.3 is 7.82 Å². The molecule has 0 heterocycles. The van der Waals surface area contributed by atoms with Gasteiger partial charge in [0.05, 0.1) is 6.61 Å². The Labute approximate surface area is 173 Å². The van der Waals surface area contributed by atoms with Crippen molar-refractivity contribution in [2.45, 2.75) is 75.5 Å². The summed E-state index contributed by atoms with van der Waals surface area (Å²) in [5.41, 5.74) is 9.99. The van der Waals surface area contributed by atoms with E-state index in [1.54, 1.807) is 0 Å². The van der Waals surface area contributed by atoms with Gasteiger partial charge in [-0.05, 0) is 84.5 Å². The summed E-state index contributed by atoms with van der Waals surface area (Å²) in [4.78, 5) is 17.9. The van der Waals surface area contributed by atoms with Gasteiger partial charge in [0.15, 0.2) is 0 Å². The van der Waals surface area contributed by atoms with Crippen LogP contribution in [0.5, 0.6) is 0 Å². The van der Waals surface area contributed by atoms with Crippen molar-refractivity contribution in [1.29, 1.82) is 0 Å². The summed E-state index contributed by atoms with van der Waals surface area (Å²) in [6, 6.07) is 6.90. The summed E-state index contributed by atoms with van der Waals surface area (Å²) in [6.45, 7) is 4.44. The van der Waals surface area contributed by atoms with Crippen molar-refractivity contribution in [3.05, 3.63) is 34.9 Å². The van der Waals surface area contributed by atoms with Crippen molar-refractivity contribution in [3.63, 3.8) is 0 Å². The van der Waals surface area contributed by atoms with Crippen molar-refractivity contribution in [2.24, 2.45) is 11.7 Å². The molecule has 0 aromatic heterocycles. The molecule has 3 atom stereocenters. The van der Waals surface area contributed by atoms with Crippen LogP contribution in [0.1, 0.15) is 68.6 Å². The fourth-order valence-corrected chi connectivity index (χ4v) is 5.97. The standard InChI is InChI=1S/C21H34NO4PS/c1-15(2)28-10-8-16-3-4-18-12-19(6-5-17(18)11-16)20-7-9-21(22,13-20)14-26-27(23,24)25/h5-6,12,15-16,20H,3-4,7-11,13-14,22H2,1-2H3,(H2,23,24,25)/t16-,20-,21+/m0/s1. The highest BCUT2D eigenvalue weighted by Gasteiger charge is 2.38. The van der Waals surface area contributed by atoms with Crippen LogP contribution in [0.4, 0.5) is 0 Å². The fraction of sp³-hybridized carbons (Fsp3) is 0.714. The van der Waals surface area contributed by atoms with E-state index in [1.807, 2.05) is 0 Å². The minimum absolute atomic E-state index is 0.0885. The molecule has 0 unspecified atom stereocenters. The molecule has 4 N–H and O–H groups in total. The van der Waals surface area contributed by atoms with Gasteiger partial charge in [0.2, 0.25) is 0 Å². The number of aryl methyl sites for hydroxylation is 1. The van der Waals surface area contributed by atoms with Gasteiger partial charge in [-0.1, -0.05) is 32.0 Å². The molecular weight excluding hydrogens is 393 g/mol. The zero-order valence-electron chi connectivity index (χ0n) is 17.0. The largest absolute Gasteiger partial charge is 0.469 e. The summed E-state index contributed by atoms with van der Waals surface area (Å²) in [6.07, 6.45) is 7.30. The molecule has 1 aromatic carbocycles. The molecule has 2 aliphatic carbocycles. The first kappa shape index (κ1) is 22.3. The third-order valence-electron chi connectivity index (χ3n) is 6.17. The number of hydrogen-bond donors (Lipinski definition) is 3. The van der Waals surface area contributed by atoms with Crippen LogP contribution < -0.4 is 5.73 Å². The van der Waals surface area contributed by atoms with Gasteiger partial charge in [-0.25, -0.2) is 4.57 Å². The van der Waals surface area contributed by atoms with Crippen LogP contribution in [0.15, 0.2) is 18.2 Å². The number of rotatable bonds is 8. The molecule has 28 heavy (non-hydrogen) atoms. The van der Waals surface area contributed by atoms with Crippen molar-refractivity contribution >= 4 is 19.6 Å². The molecule has 1 fully saturated rings. The second-order valence-corrected chi connectivity index (χ2v) is 11.8. The molecule has 0 bridgehead atoms. The van der Waals surface area contributed by atoms with E-state index in [-0.39, 0.29) is 6.61 Å². The van der Waals surface area contributed by atoms with Crippen molar-refractivity contribution in [3.8, 4) is 0 Å². The van der Waals surface area contributed by atoms with Gasteiger partial charge < -0.3 is 15.5 Å². The van der Waals surface area contributed by atoms with E-state index >= 15 is 0 Å². The number of hydrogen-bond acceptors (Lipinski definition) is 4. The molecule has 0 radical (unpaired) electrons. The molecule has 2 aliphatic rings. The average molecular weight is 428 g/mol. The molecule has 0 saturated heterocycles. The zero-order valence-corrected chi connectivity index (χ0v) is 18.7. The predicted octanol–water partition coefficient (Wildman–Crippen LogP) is 4.40. The second-order valence-electron chi connectivity index (χ2n) is 8.91. The SMILES string of the molecule is CC(C)SCC[C@@H]1CCc2cc([C@H]3CC[C@](N)(COP(=O)(O)O)C3)ccc2C1. The van der Waals surface area contributed by atoms with E-state index in [0.29, 0.717) is 17.6 Å². The summed E-state index contributed by atoms with van der Waals surface area (Å²) < 4.78 is 15.7. The van der Waals surface area contributed by atoms with E-state index < -0.39 is 13.4 Å². The zero-order chi connectivity index (χ0) is 20.4. The van der Waals surface area contributed by atoms with Crippen LogP contribution in [0.25, 0.3) is 0 Å². The van der Waals surface area contributed by atoms with Crippen LogP contribution in [-0.2, 0) is 21.9 Å². The van der Waals surface area contributed by atoms with E-state index in [0.717, 1.165) is 25.2 Å². The van der Waals surface area contributed by atoms with Gasteiger partial charge in [-0.15, -0.1) is 0 Å². The molecule has 5 nitrogen and oxygen atoms in total. The van der Waals surface area contributed by atoms with E-state index in [1.165, 1.54) is 41.7 Å². The quantitative estimate of drug-likeness (QED) is 0.533. The molecule has 0 spiro atoms. The Hall–Kier alpha value is -0.360. The van der Waals surface area contributed by atoms with Gasteiger partial charge in [0, 0.05) is 5.54 Å². The highest BCUT2D eigenvalue weighted by atomic mass is 32.2. The Kier molecular flexibility index (Phi) is 7.33. The Balaban J connectivity index is 1.57. The number of nitrogens with two attached hydrogens (primary N) is 1. The van der Waals surface area contributed by atoms with E-state index in [9.17, 15) is 4.57 Å². The Morgan fingerprint density at radius 2 is 2.11 bits per heavy atom. The highest BCUT2D eigenvalue weighted by Crippen LogP contribution is 2.44. The fourth-order valence-electron chi connectivity index (χ4n) is 4.61. The monoisotopic (exact) mass is 427 g/mol. The summed E-state index contributed by atoms with van der Waals surface area (Å²) >= 11 is 2.06. The maximum Gasteiger partial charge on any atom is 0.469 e. The maximum absolute atomic E-state index is 11.0. The molecule has 7 heteroatoms. The van der Waals surface area contributed by atoms with Crippen LogP contribution in [0.3, 0.4) is 0 Å². The second kappa shape index (κ2) is 9.20. The third kappa shape index (κ3) is 6.32. The van der Waals surface area contributed by atoms with Crippen LogP contribution in [0, 0.1) is 5.92 Å². The third-order valence-corrected chi connectivity index (χ3v) is 7.78. The first-order valence-electron chi connectivity index (χ1n) is 10.4. The minimum atomic E-state index is -4.47. The highest BCUT2D eigenvalue weighted by molar-refractivity contribution is 7.99. The normalized spacial score (nSPS) is 27.9. The lowest BCUT2D eigenvalue weighted by molar-refractivity contribution is 0.153. The molecule has 0 aliphatic heterocycles. The maximum atomic E-state index is 11.0. The Bertz CT molecular complexity index is 722. The number of phosphoric ester groups is 1. The van der Waals surface area contributed by atoms with Gasteiger partial charge in [0.25, 0.3) is 0 Å². The lowest BCUT2D eigenvalue weighted by atomic mass is 9.80. The van der Waals surface area contributed by atoms with Crippen LogP contribution in [-0.4, -0.2) is 32.9 Å². The molecule has 3 rings (SSSR count). The summed E-state index contributed by atoms with van der Waals surface area (Å²) in [7, 11) is -4.47. The number of phosphoric acid groups is 1. The Morgan fingerprint density at radius 1 is 1.32 bits per heavy atom. The molecule has 0 amide bonds. The van der Waals surface area contributed by atoms with Crippen LogP contribution >= 0.6 is 19.6 Å². The lowest BCUT2D eigenvalue weighted by Crippen LogP contribution is -2.41. The Morgan fingerprint density at radius 3 is 2.82 bits per heavy atom. The van der Waals surface area contributed by atoms with Crippen molar-refractivity contribution < 1.29 is 18.9 Å². The first-order chi connectivity index (χ1) is 13.1. The molecule has 1 saturated carbocycles.